The van der Waals surface area contributed by atoms with Gasteiger partial charge in [-0.05, 0) is 41.8 Å². The Kier molecular flexibility index (Phi) is 6.04. The summed E-state index contributed by atoms with van der Waals surface area (Å²) in [5, 5.41) is 0. The molecule has 4 nitrogen and oxygen atoms in total. The average Bonchev–Trinajstić information content (AvgIpc) is 2.76. The van der Waals surface area contributed by atoms with Gasteiger partial charge in [0.15, 0.2) is 0 Å². The van der Waals surface area contributed by atoms with Crippen LogP contribution in [0.5, 0.6) is 0 Å². The molecule has 2 aromatic heterocycles. The van der Waals surface area contributed by atoms with Gasteiger partial charge in [0.1, 0.15) is 5.82 Å². The molecular formula is C23H24FN3O. The first-order valence-corrected chi connectivity index (χ1v) is 9.70. The molecule has 28 heavy (non-hydrogen) atoms. The summed E-state index contributed by atoms with van der Waals surface area (Å²) in [4.78, 5) is 11.3. The van der Waals surface area contributed by atoms with Gasteiger partial charge in [-0.25, -0.2) is 4.39 Å². The van der Waals surface area contributed by atoms with Crippen LogP contribution in [0.4, 0.5) is 4.39 Å². The van der Waals surface area contributed by atoms with Crippen LogP contribution in [0.1, 0.15) is 17.0 Å². The highest BCUT2D eigenvalue weighted by Gasteiger charge is 2.21. The van der Waals surface area contributed by atoms with Crippen LogP contribution in [0.2, 0.25) is 0 Å². The van der Waals surface area contributed by atoms with E-state index in [-0.39, 0.29) is 11.7 Å². The predicted octanol–water partition coefficient (Wildman–Crippen LogP) is 3.94. The lowest BCUT2D eigenvalue weighted by Crippen LogP contribution is -2.39. The third-order valence-electron chi connectivity index (χ3n) is 5.22. The molecule has 1 atom stereocenters. The third kappa shape index (κ3) is 4.43. The number of halogens is 1. The van der Waals surface area contributed by atoms with Crippen molar-refractivity contribution in [1.29, 1.82) is 0 Å². The van der Waals surface area contributed by atoms with Crippen LogP contribution in [0.25, 0.3) is 11.3 Å². The van der Waals surface area contributed by atoms with Gasteiger partial charge in [-0.1, -0.05) is 24.3 Å². The van der Waals surface area contributed by atoms with Crippen LogP contribution < -0.4 is 0 Å². The Bertz CT molecular complexity index is 897. The molecule has 0 N–H and O–H groups in total. The Balaban J connectivity index is 1.64. The van der Waals surface area contributed by atoms with Crippen LogP contribution >= 0.6 is 0 Å². The molecule has 5 heteroatoms. The zero-order valence-electron chi connectivity index (χ0n) is 15.8. The van der Waals surface area contributed by atoms with E-state index in [1.54, 1.807) is 24.5 Å². The minimum atomic E-state index is -0.242. The molecule has 1 aromatic carbocycles. The Morgan fingerprint density at radius 2 is 1.82 bits per heavy atom. The van der Waals surface area contributed by atoms with Crippen LogP contribution in [0.15, 0.2) is 67.1 Å². The summed E-state index contributed by atoms with van der Waals surface area (Å²) in [5.74, 6) is 0.00933. The van der Waals surface area contributed by atoms with Crippen molar-refractivity contribution in [2.45, 2.75) is 12.3 Å². The number of hydrogen-bond donors (Lipinski definition) is 0. The Hall–Kier alpha value is -2.63. The first kappa shape index (κ1) is 18.7. The molecular weight excluding hydrogens is 353 g/mol. The highest BCUT2D eigenvalue weighted by molar-refractivity contribution is 5.63. The van der Waals surface area contributed by atoms with Crippen molar-refractivity contribution in [2.75, 3.05) is 32.8 Å². The molecule has 1 saturated heterocycles. The molecule has 0 amide bonds. The van der Waals surface area contributed by atoms with Gasteiger partial charge in [-0.15, -0.1) is 0 Å². The molecule has 4 rings (SSSR count). The maximum absolute atomic E-state index is 14.4. The molecule has 0 aliphatic carbocycles. The normalized spacial score (nSPS) is 16.0. The molecule has 1 aliphatic rings. The van der Waals surface area contributed by atoms with E-state index in [4.69, 9.17) is 4.74 Å². The molecule has 3 heterocycles. The van der Waals surface area contributed by atoms with Crippen molar-refractivity contribution in [2.24, 2.45) is 0 Å². The fourth-order valence-corrected chi connectivity index (χ4v) is 3.77. The van der Waals surface area contributed by atoms with Gasteiger partial charge in [-0.2, -0.15) is 0 Å². The van der Waals surface area contributed by atoms with Crippen molar-refractivity contribution in [3.05, 3.63) is 84.1 Å². The Labute approximate surface area is 165 Å². The van der Waals surface area contributed by atoms with Crippen molar-refractivity contribution in [3.63, 3.8) is 0 Å². The van der Waals surface area contributed by atoms with Gasteiger partial charge in [0, 0.05) is 49.7 Å². The molecule has 0 radical (unpaired) electrons. The average molecular weight is 377 g/mol. The highest BCUT2D eigenvalue weighted by Crippen LogP contribution is 2.29. The standard InChI is InChI=1S/C23H24FN3O/c24-22-8-2-1-7-21(22)23-18(5-4-10-26-23)15-20(19-6-3-9-25-16-19)17-27-11-13-28-14-12-27/h1-10,16,20H,11-15,17H2. The molecule has 1 fully saturated rings. The first-order valence-electron chi connectivity index (χ1n) is 9.70. The first-order chi connectivity index (χ1) is 13.8. The highest BCUT2D eigenvalue weighted by atomic mass is 19.1. The Morgan fingerprint density at radius 1 is 1.00 bits per heavy atom. The summed E-state index contributed by atoms with van der Waals surface area (Å²) in [7, 11) is 0. The second-order valence-electron chi connectivity index (χ2n) is 7.09. The van der Waals surface area contributed by atoms with Crippen molar-refractivity contribution in [3.8, 4) is 11.3 Å². The molecule has 1 aliphatic heterocycles. The fourth-order valence-electron chi connectivity index (χ4n) is 3.77. The van der Waals surface area contributed by atoms with E-state index in [0.29, 0.717) is 5.56 Å². The zero-order valence-corrected chi connectivity index (χ0v) is 15.8. The maximum atomic E-state index is 14.4. The van der Waals surface area contributed by atoms with E-state index >= 15 is 0 Å². The number of pyridine rings is 2. The lowest BCUT2D eigenvalue weighted by molar-refractivity contribution is 0.0350. The van der Waals surface area contributed by atoms with Crippen molar-refractivity contribution < 1.29 is 9.13 Å². The van der Waals surface area contributed by atoms with E-state index in [1.165, 1.54) is 11.6 Å². The number of morpholine rings is 1. The van der Waals surface area contributed by atoms with E-state index < -0.39 is 0 Å². The van der Waals surface area contributed by atoms with Crippen molar-refractivity contribution >= 4 is 0 Å². The number of aromatic nitrogens is 2. The summed E-state index contributed by atoms with van der Waals surface area (Å²) >= 11 is 0. The van der Waals surface area contributed by atoms with Crippen molar-refractivity contribution in [1.82, 2.24) is 14.9 Å². The molecule has 0 spiro atoms. The molecule has 3 aromatic rings. The fraction of sp³-hybridized carbons (Fsp3) is 0.304. The SMILES string of the molecule is Fc1ccccc1-c1ncccc1CC(CN1CCOCC1)c1cccnc1. The van der Waals surface area contributed by atoms with Gasteiger partial charge >= 0.3 is 0 Å². The van der Waals surface area contributed by atoms with E-state index in [2.05, 4.69) is 27.0 Å². The second kappa shape index (κ2) is 9.04. The van der Waals surface area contributed by atoms with Crippen LogP contribution in [-0.4, -0.2) is 47.7 Å². The van der Waals surface area contributed by atoms with E-state index in [0.717, 1.165) is 50.5 Å². The van der Waals surface area contributed by atoms with E-state index in [9.17, 15) is 4.39 Å². The third-order valence-corrected chi connectivity index (χ3v) is 5.22. The number of rotatable bonds is 6. The predicted molar refractivity (Wildman–Crippen MR) is 108 cm³/mol. The van der Waals surface area contributed by atoms with Crippen LogP contribution in [-0.2, 0) is 11.2 Å². The minimum Gasteiger partial charge on any atom is -0.379 e. The van der Waals surface area contributed by atoms with Crippen LogP contribution in [0, 0.1) is 5.82 Å². The van der Waals surface area contributed by atoms with Gasteiger partial charge in [0.2, 0.25) is 0 Å². The maximum Gasteiger partial charge on any atom is 0.132 e. The van der Waals surface area contributed by atoms with Crippen LogP contribution in [0.3, 0.4) is 0 Å². The number of hydrogen-bond acceptors (Lipinski definition) is 4. The molecule has 144 valence electrons. The molecule has 1 unspecified atom stereocenters. The van der Waals surface area contributed by atoms with Gasteiger partial charge in [0.05, 0.1) is 18.9 Å². The van der Waals surface area contributed by atoms with E-state index in [1.807, 2.05) is 24.4 Å². The zero-order chi connectivity index (χ0) is 19.2. The quantitative estimate of drug-likeness (QED) is 0.652. The molecule has 0 saturated carbocycles. The number of benzene rings is 1. The summed E-state index contributed by atoms with van der Waals surface area (Å²) in [6.07, 6.45) is 6.24. The van der Waals surface area contributed by atoms with Gasteiger partial charge in [0.25, 0.3) is 0 Å². The molecule has 0 bridgehead atoms. The minimum absolute atomic E-state index is 0.242. The summed E-state index contributed by atoms with van der Waals surface area (Å²) in [6.45, 7) is 4.33. The number of ether oxygens (including phenoxy) is 1. The monoisotopic (exact) mass is 377 g/mol. The van der Waals surface area contributed by atoms with Gasteiger partial charge in [-0.3, -0.25) is 14.9 Å². The second-order valence-corrected chi connectivity index (χ2v) is 7.09. The summed E-state index contributed by atoms with van der Waals surface area (Å²) in [6, 6.07) is 14.9. The lowest BCUT2D eigenvalue weighted by Gasteiger charge is -2.31. The lowest BCUT2D eigenvalue weighted by atomic mass is 9.90. The number of nitrogens with zero attached hydrogens (tertiary/aromatic N) is 3. The smallest absolute Gasteiger partial charge is 0.132 e. The summed E-state index contributed by atoms with van der Waals surface area (Å²) in [5.41, 5.74) is 3.51. The van der Waals surface area contributed by atoms with Gasteiger partial charge < -0.3 is 4.74 Å². The largest absolute Gasteiger partial charge is 0.379 e. The Morgan fingerprint density at radius 3 is 2.61 bits per heavy atom. The summed E-state index contributed by atoms with van der Waals surface area (Å²) < 4.78 is 19.9. The topological polar surface area (TPSA) is 38.2 Å².